The summed E-state index contributed by atoms with van der Waals surface area (Å²) in [5, 5.41) is 13.1. The quantitative estimate of drug-likeness (QED) is 0.877. The van der Waals surface area contributed by atoms with Crippen LogP contribution in [0.4, 0.5) is 0 Å². The van der Waals surface area contributed by atoms with Crippen LogP contribution in [0, 0.1) is 0 Å². The van der Waals surface area contributed by atoms with Crippen LogP contribution >= 0.6 is 15.9 Å². The molecule has 1 heterocycles. The zero-order valence-corrected chi connectivity index (χ0v) is 12.6. The molecule has 0 spiro atoms. The van der Waals surface area contributed by atoms with Gasteiger partial charge in [0.05, 0.1) is 18.0 Å². The van der Waals surface area contributed by atoms with Crippen LogP contribution in [-0.4, -0.2) is 20.9 Å². The molecule has 2 aromatic rings. The van der Waals surface area contributed by atoms with E-state index >= 15 is 0 Å². The average Bonchev–Trinajstić information content (AvgIpc) is 2.85. The molecular formula is C14H15BrN2O3. The summed E-state index contributed by atoms with van der Waals surface area (Å²) < 4.78 is 8.19. The summed E-state index contributed by atoms with van der Waals surface area (Å²) in [4.78, 5) is 10.8. The van der Waals surface area contributed by atoms with E-state index in [0.29, 0.717) is 12.4 Å². The van der Waals surface area contributed by atoms with E-state index in [4.69, 9.17) is 9.84 Å². The van der Waals surface area contributed by atoms with Gasteiger partial charge in [0.15, 0.2) is 5.75 Å². The number of aromatic carboxylic acids is 1. The molecule has 0 radical (unpaired) electrons. The molecule has 0 aliphatic heterocycles. The van der Waals surface area contributed by atoms with Crippen molar-refractivity contribution in [2.24, 2.45) is 0 Å². The van der Waals surface area contributed by atoms with Gasteiger partial charge in [-0.2, -0.15) is 5.10 Å². The molecule has 0 saturated carbocycles. The molecule has 0 atom stereocenters. The van der Waals surface area contributed by atoms with E-state index in [1.807, 2.05) is 10.9 Å². The molecule has 5 nitrogen and oxygen atoms in total. The number of aromatic nitrogens is 2. The number of benzene rings is 1. The lowest BCUT2D eigenvalue weighted by molar-refractivity contribution is 0.0696. The summed E-state index contributed by atoms with van der Waals surface area (Å²) in [5.41, 5.74) is 1.13. The first-order valence-electron chi connectivity index (χ1n) is 6.27. The van der Waals surface area contributed by atoms with Gasteiger partial charge in [-0.25, -0.2) is 4.79 Å². The van der Waals surface area contributed by atoms with E-state index in [1.165, 1.54) is 0 Å². The van der Waals surface area contributed by atoms with Crippen molar-refractivity contribution in [1.82, 2.24) is 9.78 Å². The van der Waals surface area contributed by atoms with Crippen LogP contribution in [0.1, 0.15) is 29.3 Å². The first-order chi connectivity index (χ1) is 9.60. The highest BCUT2D eigenvalue weighted by atomic mass is 79.9. The van der Waals surface area contributed by atoms with Crippen molar-refractivity contribution in [3.05, 3.63) is 46.2 Å². The highest BCUT2D eigenvalue weighted by molar-refractivity contribution is 9.10. The number of ether oxygens (including phenoxy) is 1. The molecule has 0 amide bonds. The molecule has 106 valence electrons. The molecule has 6 heteroatoms. The van der Waals surface area contributed by atoms with E-state index in [0.717, 1.165) is 23.0 Å². The van der Waals surface area contributed by atoms with Crippen molar-refractivity contribution >= 4 is 21.9 Å². The average molecular weight is 339 g/mol. The second kappa shape index (κ2) is 6.56. The zero-order valence-electron chi connectivity index (χ0n) is 11.0. The monoisotopic (exact) mass is 338 g/mol. The maximum Gasteiger partial charge on any atom is 0.335 e. The van der Waals surface area contributed by atoms with Crippen molar-refractivity contribution < 1.29 is 14.6 Å². The molecule has 1 N–H and O–H groups in total. The number of hydrogen-bond donors (Lipinski definition) is 1. The highest BCUT2D eigenvalue weighted by Crippen LogP contribution is 2.21. The van der Waals surface area contributed by atoms with Gasteiger partial charge in [0.1, 0.15) is 6.61 Å². The van der Waals surface area contributed by atoms with Crippen molar-refractivity contribution in [2.45, 2.75) is 26.5 Å². The van der Waals surface area contributed by atoms with Gasteiger partial charge in [-0.1, -0.05) is 28.9 Å². The van der Waals surface area contributed by atoms with Crippen LogP contribution in [-0.2, 0) is 13.2 Å². The number of hydrogen-bond acceptors (Lipinski definition) is 3. The largest absolute Gasteiger partial charge is 0.486 e. The van der Waals surface area contributed by atoms with E-state index in [-0.39, 0.29) is 5.56 Å². The standard InChI is InChI=1S/C14H15BrN2O3/c1-2-5-17-8-12(7-16-17)20-9-11-4-3-10(14(18)19)6-13(11)15/h3-4,6-8H,2,5,9H2,1H3,(H,18,19). The SMILES string of the molecule is CCCn1cc(OCc2ccc(C(=O)O)cc2Br)cn1. The Labute approximate surface area is 125 Å². The number of carboxylic acids is 1. The Balaban J connectivity index is 2.01. The van der Waals surface area contributed by atoms with Gasteiger partial charge in [0.2, 0.25) is 0 Å². The third kappa shape index (κ3) is 3.60. The van der Waals surface area contributed by atoms with Gasteiger partial charge in [0, 0.05) is 16.6 Å². The van der Waals surface area contributed by atoms with Gasteiger partial charge in [-0.05, 0) is 18.6 Å². The van der Waals surface area contributed by atoms with Crippen LogP contribution in [0.15, 0.2) is 35.1 Å². The fourth-order valence-corrected chi connectivity index (χ4v) is 2.22. The first-order valence-corrected chi connectivity index (χ1v) is 7.06. The minimum Gasteiger partial charge on any atom is -0.486 e. The van der Waals surface area contributed by atoms with Crippen LogP contribution in [0.3, 0.4) is 0 Å². The molecule has 1 aromatic heterocycles. The van der Waals surface area contributed by atoms with E-state index in [2.05, 4.69) is 28.0 Å². The molecule has 0 aliphatic rings. The Morgan fingerprint density at radius 1 is 1.50 bits per heavy atom. The Hall–Kier alpha value is -1.82. The third-order valence-corrected chi connectivity index (χ3v) is 3.49. The second-order valence-electron chi connectivity index (χ2n) is 4.34. The van der Waals surface area contributed by atoms with E-state index < -0.39 is 5.97 Å². The Morgan fingerprint density at radius 3 is 2.95 bits per heavy atom. The molecular weight excluding hydrogens is 324 g/mol. The van der Waals surface area contributed by atoms with Crippen LogP contribution in [0.25, 0.3) is 0 Å². The van der Waals surface area contributed by atoms with Crippen molar-refractivity contribution in [2.75, 3.05) is 0 Å². The molecule has 0 fully saturated rings. The fourth-order valence-electron chi connectivity index (χ4n) is 1.73. The van der Waals surface area contributed by atoms with Crippen LogP contribution in [0.5, 0.6) is 5.75 Å². The van der Waals surface area contributed by atoms with Gasteiger partial charge < -0.3 is 9.84 Å². The normalized spacial score (nSPS) is 10.5. The number of aryl methyl sites for hydroxylation is 1. The second-order valence-corrected chi connectivity index (χ2v) is 5.19. The molecule has 0 saturated heterocycles. The lowest BCUT2D eigenvalue weighted by Crippen LogP contribution is -2.00. The van der Waals surface area contributed by atoms with Crippen LogP contribution in [0.2, 0.25) is 0 Å². The van der Waals surface area contributed by atoms with E-state index in [9.17, 15) is 4.79 Å². The van der Waals surface area contributed by atoms with Gasteiger partial charge in [0.25, 0.3) is 0 Å². The fraction of sp³-hybridized carbons (Fsp3) is 0.286. The molecule has 2 rings (SSSR count). The Morgan fingerprint density at radius 2 is 2.30 bits per heavy atom. The summed E-state index contributed by atoms with van der Waals surface area (Å²) in [6.45, 7) is 3.31. The highest BCUT2D eigenvalue weighted by Gasteiger charge is 2.08. The lowest BCUT2D eigenvalue weighted by atomic mass is 10.1. The molecule has 0 aliphatic carbocycles. The molecule has 1 aromatic carbocycles. The maximum atomic E-state index is 10.8. The maximum absolute atomic E-state index is 10.8. The molecule has 0 unspecified atom stereocenters. The molecule has 0 bridgehead atoms. The summed E-state index contributed by atoms with van der Waals surface area (Å²) in [5.74, 6) is -0.244. The van der Waals surface area contributed by atoms with Crippen LogP contribution < -0.4 is 4.74 Å². The summed E-state index contributed by atoms with van der Waals surface area (Å²) in [7, 11) is 0. The van der Waals surface area contributed by atoms with Gasteiger partial charge in [-0.3, -0.25) is 4.68 Å². The zero-order chi connectivity index (χ0) is 14.5. The topological polar surface area (TPSA) is 64.3 Å². The predicted octanol–water partition coefficient (Wildman–Crippen LogP) is 3.33. The summed E-state index contributed by atoms with van der Waals surface area (Å²) in [6, 6.07) is 4.87. The number of carboxylic acid groups (broad SMARTS) is 1. The predicted molar refractivity (Wildman–Crippen MR) is 78.0 cm³/mol. The first kappa shape index (κ1) is 14.6. The minimum atomic E-state index is -0.945. The summed E-state index contributed by atoms with van der Waals surface area (Å²) in [6.07, 6.45) is 4.54. The minimum absolute atomic E-state index is 0.247. The lowest BCUT2D eigenvalue weighted by Gasteiger charge is -2.06. The smallest absolute Gasteiger partial charge is 0.335 e. The van der Waals surface area contributed by atoms with E-state index in [1.54, 1.807) is 24.4 Å². The van der Waals surface area contributed by atoms with Crippen molar-refractivity contribution in [3.63, 3.8) is 0 Å². The number of carbonyl (C=O) groups is 1. The number of halogens is 1. The Kier molecular flexibility index (Phi) is 4.79. The Bertz CT molecular complexity index is 610. The van der Waals surface area contributed by atoms with Gasteiger partial charge in [-0.15, -0.1) is 0 Å². The third-order valence-electron chi connectivity index (χ3n) is 2.76. The van der Waals surface area contributed by atoms with Crippen molar-refractivity contribution in [3.8, 4) is 5.75 Å². The van der Waals surface area contributed by atoms with Crippen molar-refractivity contribution in [1.29, 1.82) is 0 Å². The number of nitrogens with zero attached hydrogens (tertiary/aromatic N) is 2. The van der Waals surface area contributed by atoms with Gasteiger partial charge >= 0.3 is 5.97 Å². The summed E-state index contributed by atoms with van der Waals surface area (Å²) >= 11 is 3.35. The molecule has 20 heavy (non-hydrogen) atoms. The number of rotatable bonds is 6.